The lowest BCUT2D eigenvalue weighted by Crippen LogP contribution is -2.30. The normalized spacial score (nSPS) is 11.0. The molecule has 0 saturated carbocycles. The number of halogens is 1. The predicted molar refractivity (Wildman–Crippen MR) is 164 cm³/mol. The Hall–Kier alpha value is -4.14. The minimum Gasteiger partial charge on any atom is -0.493 e. The van der Waals surface area contributed by atoms with Gasteiger partial charge in [0.15, 0.2) is 5.78 Å². The molecule has 0 saturated heterocycles. The number of carbonyl (C=O) groups excluding carboxylic acids is 3. The van der Waals surface area contributed by atoms with Gasteiger partial charge in [-0.25, -0.2) is 0 Å². The molecule has 6 nitrogen and oxygen atoms in total. The molecule has 0 aromatic heterocycles. The maximum absolute atomic E-state index is 13.4. The van der Waals surface area contributed by atoms with Crippen molar-refractivity contribution in [3.8, 4) is 5.75 Å². The van der Waals surface area contributed by atoms with Crippen molar-refractivity contribution >= 4 is 57.1 Å². The summed E-state index contributed by atoms with van der Waals surface area (Å²) in [5.41, 5.74) is 2.30. The van der Waals surface area contributed by atoms with Gasteiger partial charge < -0.3 is 15.4 Å². The van der Waals surface area contributed by atoms with Gasteiger partial charge in [0.1, 0.15) is 11.4 Å². The first-order valence-electron chi connectivity index (χ1n) is 12.6. The second kappa shape index (κ2) is 14.3. The highest BCUT2D eigenvalue weighted by molar-refractivity contribution is 9.10. The summed E-state index contributed by atoms with van der Waals surface area (Å²) in [5, 5.41) is 5.62. The van der Waals surface area contributed by atoms with Crippen molar-refractivity contribution < 1.29 is 19.1 Å². The minimum absolute atomic E-state index is 0.00810. The highest BCUT2D eigenvalue weighted by Gasteiger charge is 2.16. The van der Waals surface area contributed by atoms with Crippen molar-refractivity contribution in [3.63, 3.8) is 0 Å². The number of Topliss-reactive ketones (excluding diaryl/α,β-unsaturated/α-hetero) is 1. The highest BCUT2D eigenvalue weighted by atomic mass is 79.9. The SMILES string of the molecule is CCOc1ccccc1/C=C(\NC(=O)c1ccccc1)C(=O)Nc1cccc(SCC(=O)c2ccc(Br)cc2)c1. The van der Waals surface area contributed by atoms with Crippen LogP contribution in [0.1, 0.15) is 33.2 Å². The molecule has 40 heavy (non-hydrogen) atoms. The summed E-state index contributed by atoms with van der Waals surface area (Å²) in [6, 6.07) is 30.4. The molecule has 2 amide bonds. The number of ketones is 1. The van der Waals surface area contributed by atoms with Gasteiger partial charge in [0.25, 0.3) is 11.8 Å². The molecule has 0 atom stereocenters. The van der Waals surface area contributed by atoms with E-state index in [9.17, 15) is 14.4 Å². The lowest BCUT2D eigenvalue weighted by molar-refractivity contribution is -0.113. The number of anilines is 1. The first-order valence-corrected chi connectivity index (χ1v) is 14.3. The van der Waals surface area contributed by atoms with Crippen LogP contribution in [0.15, 0.2) is 118 Å². The van der Waals surface area contributed by atoms with Gasteiger partial charge in [0.05, 0.1) is 12.4 Å². The molecule has 0 heterocycles. The number of carbonyl (C=O) groups is 3. The van der Waals surface area contributed by atoms with Crippen LogP contribution in [0.2, 0.25) is 0 Å². The van der Waals surface area contributed by atoms with Crippen LogP contribution >= 0.6 is 27.7 Å². The summed E-state index contributed by atoms with van der Waals surface area (Å²) < 4.78 is 6.62. The molecule has 4 rings (SSSR count). The van der Waals surface area contributed by atoms with Crippen LogP contribution in [0.4, 0.5) is 5.69 Å². The summed E-state index contributed by atoms with van der Waals surface area (Å²) in [5.74, 6) is -0.0481. The van der Waals surface area contributed by atoms with Crippen molar-refractivity contribution in [1.29, 1.82) is 0 Å². The van der Waals surface area contributed by atoms with Crippen LogP contribution in [0.3, 0.4) is 0 Å². The Bertz CT molecular complexity index is 1520. The number of nitrogens with one attached hydrogen (secondary N) is 2. The zero-order chi connectivity index (χ0) is 28.3. The van der Waals surface area contributed by atoms with Crippen molar-refractivity contribution in [2.24, 2.45) is 0 Å². The van der Waals surface area contributed by atoms with E-state index in [4.69, 9.17) is 4.74 Å². The van der Waals surface area contributed by atoms with E-state index in [1.165, 1.54) is 11.8 Å². The fraction of sp³-hybridized carbons (Fsp3) is 0.0938. The molecule has 4 aromatic carbocycles. The number of amides is 2. The summed E-state index contributed by atoms with van der Waals surface area (Å²) in [6.07, 6.45) is 1.59. The van der Waals surface area contributed by atoms with Gasteiger partial charge in [-0.3, -0.25) is 14.4 Å². The molecule has 0 spiro atoms. The Morgan fingerprint density at radius 1 is 0.850 bits per heavy atom. The summed E-state index contributed by atoms with van der Waals surface area (Å²) in [4.78, 5) is 39.8. The Labute approximate surface area is 246 Å². The fourth-order valence-corrected chi connectivity index (χ4v) is 4.83. The zero-order valence-corrected chi connectivity index (χ0v) is 24.1. The quantitative estimate of drug-likeness (QED) is 0.106. The Morgan fingerprint density at radius 3 is 2.33 bits per heavy atom. The largest absolute Gasteiger partial charge is 0.493 e. The maximum Gasteiger partial charge on any atom is 0.272 e. The van der Waals surface area contributed by atoms with E-state index in [0.717, 1.165) is 9.37 Å². The monoisotopic (exact) mass is 614 g/mol. The molecule has 2 N–H and O–H groups in total. The number of benzene rings is 4. The number of thioether (sulfide) groups is 1. The molecule has 0 unspecified atom stereocenters. The Morgan fingerprint density at radius 2 is 1.57 bits per heavy atom. The van der Waals surface area contributed by atoms with E-state index in [-0.39, 0.29) is 17.2 Å². The molecule has 202 valence electrons. The van der Waals surface area contributed by atoms with Crippen LogP contribution < -0.4 is 15.4 Å². The third kappa shape index (κ3) is 8.18. The molecular weight excluding hydrogens is 588 g/mol. The number of ether oxygens (including phenoxy) is 1. The highest BCUT2D eigenvalue weighted by Crippen LogP contribution is 2.25. The second-order valence-electron chi connectivity index (χ2n) is 8.55. The average molecular weight is 616 g/mol. The Kier molecular flexibility index (Phi) is 10.3. The molecule has 0 fully saturated rings. The average Bonchev–Trinajstić information content (AvgIpc) is 2.97. The van der Waals surface area contributed by atoms with Gasteiger partial charge in [-0.1, -0.05) is 70.5 Å². The second-order valence-corrected chi connectivity index (χ2v) is 10.5. The van der Waals surface area contributed by atoms with Crippen LogP contribution in [0.5, 0.6) is 5.75 Å². The molecule has 8 heteroatoms. The summed E-state index contributed by atoms with van der Waals surface area (Å²) in [6.45, 7) is 2.33. The number of hydrogen-bond acceptors (Lipinski definition) is 5. The first-order chi connectivity index (χ1) is 19.4. The standard InChI is InChI=1S/C32H27BrN2O4S/c1-2-39-30-14-7-6-11-24(30)19-28(35-31(37)23-9-4-3-5-10-23)32(38)34-26-12-8-13-27(20-26)40-21-29(36)22-15-17-25(33)18-16-22/h3-20H,2,21H2,1H3,(H,34,38)(H,35,37)/b28-19-. The lowest BCUT2D eigenvalue weighted by atomic mass is 10.1. The van der Waals surface area contributed by atoms with Crippen molar-refractivity contribution in [2.45, 2.75) is 11.8 Å². The molecule has 0 bridgehead atoms. The van der Waals surface area contributed by atoms with E-state index >= 15 is 0 Å². The van der Waals surface area contributed by atoms with Crippen LogP contribution in [-0.2, 0) is 4.79 Å². The van der Waals surface area contributed by atoms with E-state index < -0.39 is 11.8 Å². The van der Waals surface area contributed by atoms with Gasteiger partial charge in [-0.2, -0.15) is 0 Å². The molecular formula is C32H27BrN2O4S. The zero-order valence-electron chi connectivity index (χ0n) is 21.7. The summed E-state index contributed by atoms with van der Waals surface area (Å²) >= 11 is 4.76. The van der Waals surface area contributed by atoms with E-state index in [0.29, 0.717) is 34.7 Å². The first kappa shape index (κ1) is 28.9. The maximum atomic E-state index is 13.4. The summed E-state index contributed by atoms with van der Waals surface area (Å²) in [7, 11) is 0. The van der Waals surface area contributed by atoms with Gasteiger partial charge in [-0.15, -0.1) is 11.8 Å². The van der Waals surface area contributed by atoms with Crippen molar-refractivity contribution in [1.82, 2.24) is 5.32 Å². The smallest absolute Gasteiger partial charge is 0.272 e. The predicted octanol–water partition coefficient (Wildman–Crippen LogP) is 7.23. The number of hydrogen-bond donors (Lipinski definition) is 2. The van der Waals surface area contributed by atoms with Crippen LogP contribution in [0.25, 0.3) is 6.08 Å². The molecule has 0 radical (unpaired) electrons. The lowest BCUT2D eigenvalue weighted by Gasteiger charge is -2.13. The third-order valence-electron chi connectivity index (χ3n) is 5.68. The van der Waals surface area contributed by atoms with Gasteiger partial charge in [0, 0.05) is 31.7 Å². The van der Waals surface area contributed by atoms with Crippen LogP contribution in [-0.4, -0.2) is 30.0 Å². The molecule has 0 aliphatic carbocycles. The third-order valence-corrected chi connectivity index (χ3v) is 7.20. The van der Waals surface area contributed by atoms with E-state index in [1.54, 1.807) is 66.7 Å². The van der Waals surface area contributed by atoms with Gasteiger partial charge in [0.2, 0.25) is 0 Å². The molecule has 4 aromatic rings. The topological polar surface area (TPSA) is 84.5 Å². The van der Waals surface area contributed by atoms with Crippen molar-refractivity contribution in [2.75, 3.05) is 17.7 Å². The van der Waals surface area contributed by atoms with E-state index in [1.807, 2.05) is 49.4 Å². The molecule has 0 aliphatic rings. The fourth-order valence-electron chi connectivity index (χ4n) is 3.71. The van der Waals surface area contributed by atoms with E-state index in [2.05, 4.69) is 26.6 Å². The van der Waals surface area contributed by atoms with Crippen molar-refractivity contribution in [3.05, 3.63) is 130 Å². The molecule has 0 aliphatic heterocycles. The van der Waals surface area contributed by atoms with Gasteiger partial charge >= 0.3 is 0 Å². The minimum atomic E-state index is -0.497. The number of para-hydroxylation sites is 1. The van der Waals surface area contributed by atoms with Crippen LogP contribution in [0, 0.1) is 0 Å². The van der Waals surface area contributed by atoms with Gasteiger partial charge in [-0.05, 0) is 61.5 Å². The Balaban J connectivity index is 1.52. The number of rotatable bonds is 11.